The van der Waals surface area contributed by atoms with Crippen molar-refractivity contribution in [3.8, 4) is 11.5 Å². The van der Waals surface area contributed by atoms with Gasteiger partial charge in [-0.3, -0.25) is 14.5 Å². The van der Waals surface area contributed by atoms with E-state index in [1.807, 2.05) is 0 Å². The number of rotatable bonds is 5. The summed E-state index contributed by atoms with van der Waals surface area (Å²) in [7, 11) is 2.14. The summed E-state index contributed by atoms with van der Waals surface area (Å²) in [5, 5.41) is 5.54. The van der Waals surface area contributed by atoms with Gasteiger partial charge in [0.2, 0.25) is 0 Å². The molecule has 8 nitrogen and oxygen atoms in total. The fraction of sp³-hybridized carbons (Fsp3) is 0.462. The predicted octanol–water partition coefficient (Wildman–Crippen LogP) is 2.73. The lowest BCUT2D eigenvalue weighted by atomic mass is 9.96. The van der Waals surface area contributed by atoms with Gasteiger partial charge in [-0.2, -0.15) is 0 Å². The summed E-state index contributed by atoms with van der Waals surface area (Å²) in [4.78, 5) is 29.9. The number of nitrogens with one attached hydrogen (secondary N) is 2. The molecule has 2 aromatic carbocycles. The number of carbonyl (C=O) groups is 2. The average Bonchev–Trinajstić information content (AvgIpc) is 3.39. The van der Waals surface area contributed by atoms with Crippen molar-refractivity contribution in [3.05, 3.63) is 47.5 Å². The van der Waals surface area contributed by atoms with E-state index >= 15 is 0 Å². The second-order valence-electron chi connectivity index (χ2n) is 9.19. The summed E-state index contributed by atoms with van der Waals surface area (Å²) in [6.45, 7) is 4.43. The van der Waals surface area contributed by atoms with E-state index in [-0.39, 0.29) is 6.04 Å². The molecule has 1 saturated heterocycles. The number of aryl methyl sites for hydroxylation is 1. The van der Waals surface area contributed by atoms with E-state index in [4.69, 9.17) is 9.47 Å². The van der Waals surface area contributed by atoms with Crippen molar-refractivity contribution in [1.29, 1.82) is 0 Å². The lowest BCUT2D eigenvalue weighted by Gasteiger charge is -2.31. The number of anilines is 2. The predicted molar refractivity (Wildman–Crippen MR) is 131 cm³/mol. The number of amides is 2. The maximum Gasteiger partial charge on any atom is 0.313 e. The third-order valence-corrected chi connectivity index (χ3v) is 6.88. The van der Waals surface area contributed by atoms with Crippen molar-refractivity contribution < 1.29 is 19.1 Å². The van der Waals surface area contributed by atoms with Gasteiger partial charge < -0.3 is 25.0 Å². The van der Waals surface area contributed by atoms with Crippen molar-refractivity contribution in [2.75, 3.05) is 56.7 Å². The van der Waals surface area contributed by atoms with Crippen LogP contribution in [0.4, 0.5) is 11.4 Å². The van der Waals surface area contributed by atoms with Crippen LogP contribution in [0, 0.1) is 0 Å². The van der Waals surface area contributed by atoms with Crippen molar-refractivity contribution in [2.45, 2.75) is 31.7 Å². The Bertz CT molecular complexity index is 1070. The van der Waals surface area contributed by atoms with Gasteiger partial charge in [0.15, 0.2) is 11.5 Å². The van der Waals surface area contributed by atoms with Crippen molar-refractivity contribution >= 4 is 23.2 Å². The van der Waals surface area contributed by atoms with Gasteiger partial charge in [0.25, 0.3) is 0 Å². The van der Waals surface area contributed by atoms with Crippen LogP contribution in [0.2, 0.25) is 0 Å². The van der Waals surface area contributed by atoms with Crippen molar-refractivity contribution in [1.82, 2.24) is 10.2 Å². The number of likely N-dealkylation sites (tertiary alicyclic amines) is 1. The van der Waals surface area contributed by atoms with Gasteiger partial charge >= 0.3 is 11.8 Å². The Balaban J connectivity index is 1.25. The van der Waals surface area contributed by atoms with Crippen LogP contribution >= 0.6 is 0 Å². The lowest BCUT2D eigenvalue weighted by Crippen LogP contribution is -2.41. The molecule has 0 aromatic heterocycles. The minimum Gasteiger partial charge on any atom is -0.486 e. The number of ether oxygens (including phenoxy) is 2. The van der Waals surface area contributed by atoms with Crippen LogP contribution in [0.5, 0.6) is 11.5 Å². The Labute approximate surface area is 200 Å². The van der Waals surface area contributed by atoms with E-state index < -0.39 is 11.8 Å². The molecule has 8 heteroatoms. The third kappa shape index (κ3) is 4.82. The fourth-order valence-electron chi connectivity index (χ4n) is 5.10. The molecule has 0 spiro atoms. The van der Waals surface area contributed by atoms with Gasteiger partial charge in [-0.15, -0.1) is 0 Å². The minimum atomic E-state index is -0.691. The van der Waals surface area contributed by atoms with Gasteiger partial charge in [0, 0.05) is 37.6 Å². The number of carbonyl (C=O) groups excluding carboxylic acids is 2. The normalized spacial score (nSPS) is 18.2. The van der Waals surface area contributed by atoms with E-state index in [0.29, 0.717) is 36.9 Å². The van der Waals surface area contributed by atoms with Gasteiger partial charge in [0.1, 0.15) is 13.2 Å². The van der Waals surface area contributed by atoms with Gasteiger partial charge in [0.05, 0.1) is 6.04 Å². The number of hydrogen-bond acceptors (Lipinski definition) is 6. The van der Waals surface area contributed by atoms with Crippen LogP contribution in [0.3, 0.4) is 0 Å². The highest BCUT2D eigenvalue weighted by Gasteiger charge is 2.27. The first-order valence-electron chi connectivity index (χ1n) is 12.2. The molecule has 2 N–H and O–H groups in total. The first-order valence-corrected chi connectivity index (χ1v) is 12.2. The van der Waals surface area contributed by atoms with E-state index in [0.717, 1.165) is 45.3 Å². The second kappa shape index (κ2) is 9.93. The molecule has 5 rings (SSSR count). The maximum absolute atomic E-state index is 12.7. The zero-order valence-electron chi connectivity index (χ0n) is 19.6. The van der Waals surface area contributed by atoms with Crippen LogP contribution in [0.1, 0.15) is 36.4 Å². The number of benzene rings is 2. The molecule has 0 saturated carbocycles. The zero-order valence-corrected chi connectivity index (χ0v) is 19.6. The quantitative estimate of drug-likeness (QED) is 0.662. The highest BCUT2D eigenvalue weighted by atomic mass is 16.6. The summed E-state index contributed by atoms with van der Waals surface area (Å²) >= 11 is 0. The van der Waals surface area contributed by atoms with E-state index in [1.54, 1.807) is 18.2 Å². The summed E-state index contributed by atoms with van der Waals surface area (Å²) in [5.41, 5.74) is 4.35. The summed E-state index contributed by atoms with van der Waals surface area (Å²) in [6.07, 6.45) is 4.54. The molecule has 1 atom stereocenters. The van der Waals surface area contributed by atoms with Crippen LogP contribution in [-0.4, -0.2) is 63.2 Å². The molecule has 3 aliphatic rings. The monoisotopic (exact) mass is 464 g/mol. The first-order chi connectivity index (χ1) is 16.6. The standard InChI is InChI=1S/C26H32N4O4/c1-29-10-4-5-18-15-19(6-8-21(18)29)22(30-11-2-3-12-30)17-27-25(31)26(32)28-20-7-9-23-24(16-20)34-14-13-33-23/h6-9,15-16,22H,2-5,10-14,17H2,1H3,(H,27,31)(H,28,32). The van der Waals surface area contributed by atoms with Crippen LogP contribution in [-0.2, 0) is 16.0 Å². The number of hydrogen-bond donors (Lipinski definition) is 2. The smallest absolute Gasteiger partial charge is 0.313 e. The first kappa shape index (κ1) is 22.5. The van der Waals surface area contributed by atoms with E-state index in [9.17, 15) is 9.59 Å². The van der Waals surface area contributed by atoms with E-state index in [2.05, 4.69) is 45.7 Å². The highest BCUT2D eigenvalue weighted by Crippen LogP contribution is 2.33. The van der Waals surface area contributed by atoms with Crippen molar-refractivity contribution in [2.24, 2.45) is 0 Å². The fourth-order valence-corrected chi connectivity index (χ4v) is 5.10. The summed E-state index contributed by atoms with van der Waals surface area (Å²) < 4.78 is 11.1. The van der Waals surface area contributed by atoms with Crippen molar-refractivity contribution in [3.63, 3.8) is 0 Å². The van der Waals surface area contributed by atoms with E-state index in [1.165, 1.54) is 16.8 Å². The molecule has 34 heavy (non-hydrogen) atoms. The third-order valence-electron chi connectivity index (χ3n) is 6.88. The maximum atomic E-state index is 12.7. The Morgan fingerprint density at radius 2 is 1.74 bits per heavy atom. The van der Waals surface area contributed by atoms with Gasteiger partial charge in [-0.1, -0.05) is 12.1 Å². The topological polar surface area (TPSA) is 83.1 Å². The molecule has 0 radical (unpaired) electrons. The Kier molecular flexibility index (Phi) is 6.58. The Morgan fingerprint density at radius 3 is 2.56 bits per heavy atom. The van der Waals surface area contributed by atoms with Crippen LogP contribution in [0.15, 0.2) is 36.4 Å². The molecular weight excluding hydrogens is 432 g/mol. The molecular formula is C26H32N4O4. The molecule has 0 aliphatic carbocycles. The molecule has 3 aliphatic heterocycles. The Hall–Kier alpha value is -3.26. The summed E-state index contributed by atoms with van der Waals surface area (Å²) in [6, 6.07) is 11.8. The molecule has 180 valence electrons. The highest BCUT2D eigenvalue weighted by molar-refractivity contribution is 6.39. The lowest BCUT2D eigenvalue weighted by molar-refractivity contribution is -0.136. The SMILES string of the molecule is CN1CCCc2cc(C(CNC(=O)C(=O)Nc3ccc4c(c3)OCCO4)N3CCCC3)ccc21. The molecule has 2 amide bonds. The summed E-state index contributed by atoms with van der Waals surface area (Å²) in [5.74, 6) is -0.129. The number of nitrogens with zero attached hydrogens (tertiary/aromatic N) is 2. The largest absolute Gasteiger partial charge is 0.486 e. The average molecular weight is 465 g/mol. The molecule has 1 unspecified atom stereocenters. The minimum absolute atomic E-state index is 0.0473. The van der Waals surface area contributed by atoms with Crippen LogP contribution < -0.4 is 25.0 Å². The molecule has 2 aromatic rings. The molecule has 0 bridgehead atoms. The molecule has 3 heterocycles. The molecule has 1 fully saturated rings. The number of fused-ring (bicyclic) bond motifs is 2. The van der Waals surface area contributed by atoms with Gasteiger partial charge in [-0.25, -0.2) is 0 Å². The van der Waals surface area contributed by atoms with Crippen LogP contribution in [0.25, 0.3) is 0 Å². The Morgan fingerprint density at radius 1 is 0.941 bits per heavy atom. The second-order valence-corrected chi connectivity index (χ2v) is 9.19. The van der Waals surface area contributed by atoms with Gasteiger partial charge in [-0.05, 0) is 68.1 Å². The zero-order chi connectivity index (χ0) is 23.5.